The van der Waals surface area contributed by atoms with Crippen LogP contribution in [0.4, 0.5) is 9.18 Å². The van der Waals surface area contributed by atoms with E-state index in [0.717, 1.165) is 5.56 Å². The lowest BCUT2D eigenvalue weighted by atomic mass is 10.00. The SMILES string of the molecule is O=C1N[C@@H](c2ccnc(-c3ccccc3)n2)[C@H](c2cccc(F)c2)O1. The summed E-state index contributed by atoms with van der Waals surface area (Å²) < 4.78 is 18.9. The number of hydrogen-bond acceptors (Lipinski definition) is 4. The fraction of sp³-hybridized carbons (Fsp3) is 0.105. The lowest BCUT2D eigenvalue weighted by Crippen LogP contribution is -2.21. The van der Waals surface area contributed by atoms with Crippen molar-refractivity contribution >= 4 is 6.09 Å². The van der Waals surface area contributed by atoms with Crippen molar-refractivity contribution in [3.63, 3.8) is 0 Å². The van der Waals surface area contributed by atoms with Crippen LogP contribution < -0.4 is 5.32 Å². The Hall–Kier alpha value is -3.28. The molecule has 2 aromatic carbocycles. The number of alkyl carbamates (subject to hydrolysis) is 1. The summed E-state index contributed by atoms with van der Waals surface area (Å²) in [5.41, 5.74) is 2.05. The molecule has 0 bridgehead atoms. The van der Waals surface area contributed by atoms with E-state index in [0.29, 0.717) is 17.1 Å². The molecule has 1 N–H and O–H groups in total. The van der Waals surface area contributed by atoms with Crippen LogP contribution in [0.5, 0.6) is 0 Å². The average Bonchev–Trinajstić information content (AvgIpc) is 3.04. The number of nitrogens with zero attached hydrogens (tertiary/aromatic N) is 2. The van der Waals surface area contributed by atoms with E-state index in [4.69, 9.17) is 4.74 Å². The summed E-state index contributed by atoms with van der Waals surface area (Å²) in [7, 11) is 0. The minimum absolute atomic E-state index is 0.383. The number of halogens is 1. The molecule has 124 valence electrons. The first-order valence-electron chi connectivity index (χ1n) is 7.82. The van der Waals surface area contributed by atoms with Crippen molar-refractivity contribution in [1.29, 1.82) is 0 Å². The molecular formula is C19H14FN3O2. The summed E-state index contributed by atoms with van der Waals surface area (Å²) in [6, 6.07) is 16.8. The van der Waals surface area contributed by atoms with E-state index in [1.807, 2.05) is 30.3 Å². The first-order valence-corrected chi connectivity index (χ1v) is 7.82. The largest absolute Gasteiger partial charge is 0.439 e. The number of carbonyl (C=O) groups excluding carboxylic acids is 1. The highest BCUT2D eigenvalue weighted by Gasteiger charge is 2.37. The van der Waals surface area contributed by atoms with Crippen LogP contribution in [-0.2, 0) is 4.74 Å². The molecule has 0 aliphatic carbocycles. The summed E-state index contributed by atoms with van der Waals surface area (Å²) in [4.78, 5) is 20.6. The highest BCUT2D eigenvalue weighted by atomic mass is 19.1. The van der Waals surface area contributed by atoms with Gasteiger partial charge in [0.2, 0.25) is 0 Å². The number of ether oxygens (including phenoxy) is 1. The monoisotopic (exact) mass is 335 g/mol. The topological polar surface area (TPSA) is 64.1 Å². The van der Waals surface area contributed by atoms with Crippen molar-refractivity contribution in [2.45, 2.75) is 12.1 Å². The van der Waals surface area contributed by atoms with Crippen LogP contribution in [0.25, 0.3) is 11.4 Å². The Morgan fingerprint density at radius 3 is 2.68 bits per heavy atom. The summed E-state index contributed by atoms with van der Waals surface area (Å²) in [6.07, 6.45) is 0.429. The van der Waals surface area contributed by atoms with Gasteiger partial charge in [0.15, 0.2) is 11.9 Å². The molecule has 2 heterocycles. The predicted octanol–water partition coefficient (Wildman–Crippen LogP) is 3.80. The third-order valence-corrected chi connectivity index (χ3v) is 4.02. The molecule has 2 atom stereocenters. The van der Waals surface area contributed by atoms with Gasteiger partial charge in [-0.05, 0) is 23.8 Å². The lowest BCUT2D eigenvalue weighted by molar-refractivity contribution is 0.131. The molecule has 4 rings (SSSR count). The Morgan fingerprint density at radius 2 is 1.88 bits per heavy atom. The van der Waals surface area contributed by atoms with E-state index in [-0.39, 0.29) is 5.82 Å². The molecule has 25 heavy (non-hydrogen) atoms. The number of benzene rings is 2. The van der Waals surface area contributed by atoms with E-state index in [9.17, 15) is 9.18 Å². The number of hydrogen-bond donors (Lipinski definition) is 1. The first-order chi connectivity index (χ1) is 12.2. The van der Waals surface area contributed by atoms with E-state index >= 15 is 0 Å². The molecule has 1 aromatic heterocycles. The molecule has 3 aromatic rings. The maximum atomic E-state index is 13.5. The van der Waals surface area contributed by atoms with E-state index in [1.165, 1.54) is 12.1 Å². The number of aromatic nitrogens is 2. The van der Waals surface area contributed by atoms with Gasteiger partial charge in [0.25, 0.3) is 0 Å². The number of rotatable bonds is 3. The van der Waals surface area contributed by atoms with Gasteiger partial charge < -0.3 is 10.1 Å². The van der Waals surface area contributed by atoms with Crippen molar-refractivity contribution in [2.75, 3.05) is 0 Å². The lowest BCUT2D eigenvalue weighted by Gasteiger charge is -2.17. The Bertz CT molecular complexity index is 917. The van der Waals surface area contributed by atoms with Gasteiger partial charge in [0, 0.05) is 11.8 Å². The third-order valence-electron chi connectivity index (χ3n) is 4.02. The van der Waals surface area contributed by atoms with Crippen LogP contribution in [0, 0.1) is 5.82 Å². The fourth-order valence-corrected chi connectivity index (χ4v) is 2.87. The molecular weight excluding hydrogens is 321 g/mol. The smallest absolute Gasteiger partial charge is 0.408 e. The molecule has 0 unspecified atom stereocenters. The van der Waals surface area contributed by atoms with Gasteiger partial charge in [-0.25, -0.2) is 19.2 Å². The van der Waals surface area contributed by atoms with Gasteiger partial charge in [0.05, 0.1) is 5.69 Å². The molecule has 0 radical (unpaired) electrons. The van der Waals surface area contributed by atoms with Crippen LogP contribution in [0.15, 0.2) is 66.9 Å². The van der Waals surface area contributed by atoms with E-state index in [2.05, 4.69) is 15.3 Å². The standard InChI is InChI=1S/C19H14FN3O2/c20-14-8-4-7-13(11-14)17-16(23-19(24)25-17)15-9-10-21-18(22-15)12-5-2-1-3-6-12/h1-11,16-17H,(H,23,24)/t16-,17-/m0/s1. The van der Waals surface area contributed by atoms with Gasteiger partial charge in [-0.1, -0.05) is 42.5 Å². The van der Waals surface area contributed by atoms with Crippen LogP contribution in [-0.4, -0.2) is 16.1 Å². The van der Waals surface area contributed by atoms with Crippen molar-refractivity contribution in [3.8, 4) is 11.4 Å². The van der Waals surface area contributed by atoms with Crippen molar-refractivity contribution in [2.24, 2.45) is 0 Å². The van der Waals surface area contributed by atoms with Crippen molar-refractivity contribution in [1.82, 2.24) is 15.3 Å². The number of carbonyl (C=O) groups is 1. The minimum atomic E-state index is -0.651. The normalized spacial score (nSPS) is 19.3. The van der Waals surface area contributed by atoms with Gasteiger partial charge in [-0.3, -0.25) is 0 Å². The second-order valence-corrected chi connectivity index (χ2v) is 5.67. The van der Waals surface area contributed by atoms with E-state index in [1.54, 1.807) is 24.4 Å². The minimum Gasteiger partial charge on any atom is -0.439 e. The summed E-state index contributed by atoms with van der Waals surface area (Å²) in [5, 5.41) is 2.74. The second-order valence-electron chi connectivity index (χ2n) is 5.67. The molecule has 5 nitrogen and oxygen atoms in total. The molecule has 6 heteroatoms. The Kier molecular flexibility index (Phi) is 3.85. The Morgan fingerprint density at radius 1 is 1.04 bits per heavy atom. The number of cyclic esters (lactones) is 1. The van der Waals surface area contributed by atoms with Gasteiger partial charge in [0.1, 0.15) is 11.9 Å². The van der Waals surface area contributed by atoms with Gasteiger partial charge in [-0.15, -0.1) is 0 Å². The molecule has 1 aliphatic rings. The maximum Gasteiger partial charge on any atom is 0.408 e. The van der Waals surface area contributed by atoms with Crippen LogP contribution in [0.1, 0.15) is 23.4 Å². The van der Waals surface area contributed by atoms with Crippen molar-refractivity contribution in [3.05, 3.63) is 83.9 Å². The zero-order chi connectivity index (χ0) is 17.2. The average molecular weight is 335 g/mol. The van der Waals surface area contributed by atoms with E-state index < -0.39 is 18.2 Å². The highest BCUT2D eigenvalue weighted by Crippen LogP contribution is 2.36. The molecule has 1 aliphatic heterocycles. The van der Waals surface area contributed by atoms with Gasteiger partial charge >= 0.3 is 6.09 Å². The highest BCUT2D eigenvalue weighted by molar-refractivity contribution is 5.71. The number of amides is 1. The molecule has 1 fully saturated rings. The van der Waals surface area contributed by atoms with Gasteiger partial charge in [-0.2, -0.15) is 0 Å². The first kappa shape index (κ1) is 15.3. The molecule has 0 spiro atoms. The maximum absolute atomic E-state index is 13.5. The summed E-state index contributed by atoms with van der Waals surface area (Å²) >= 11 is 0. The summed E-state index contributed by atoms with van der Waals surface area (Å²) in [6.45, 7) is 0. The molecule has 1 amide bonds. The zero-order valence-electron chi connectivity index (χ0n) is 13.1. The zero-order valence-corrected chi connectivity index (χ0v) is 13.1. The van der Waals surface area contributed by atoms with Crippen LogP contribution >= 0.6 is 0 Å². The van der Waals surface area contributed by atoms with Crippen molar-refractivity contribution < 1.29 is 13.9 Å². The molecule has 0 saturated carbocycles. The summed E-state index contributed by atoms with van der Waals surface area (Å²) in [5.74, 6) is 0.170. The van der Waals surface area contributed by atoms with Crippen LogP contribution in [0.3, 0.4) is 0 Å². The predicted molar refractivity (Wildman–Crippen MR) is 89.0 cm³/mol. The Labute approximate surface area is 143 Å². The second kappa shape index (κ2) is 6.32. The third kappa shape index (κ3) is 3.06. The van der Waals surface area contributed by atoms with Crippen LogP contribution in [0.2, 0.25) is 0 Å². The Balaban J connectivity index is 1.71. The fourth-order valence-electron chi connectivity index (χ4n) is 2.87. The molecule has 1 saturated heterocycles. The quantitative estimate of drug-likeness (QED) is 0.790. The number of nitrogens with one attached hydrogen (secondary N) is 1.